The first-order chi connectivity index (χ1) is 16.9. The monoisotopic (exact) mass is 474 g/mol. The largest absolute Gasteiger partial charge is 0.482 e. The number of carbonyl (C=O) groups is 2. The van der Waals surface area contributed by atoms with Crippen LogP contribution in [0.25, 0.3) is 5.57 Å². The van der Waals surface area contributed by atoms with Gasteiger partial charge in [-0.15, -0.1) is 0 Å². The van der Waals surface area contributed by atoms with Crippen molar-refractivity contribution in [2.24, 2.45) is 5.92 Å². The van der Waals surface area contributed by atoms with E-state index in [4.69, 9.17) is 4.74 Å². The van der Waals surface area contributed by atoms with Gasteiger partial charge in [0.2, 0.25) is 0 Å². The molecule has 1 N–H and O–H groups in total. The number of Topliss-reactive ketones (excluding diaryl/α,β-unsaturated/α-hetero) is 1. The molecule has 1 amide bonds. The van der Waals surface area contributed by atoms with Crippen molar-refractivity contribution in [1.29, 1.82) is 0 Å². The zero-order chi connectivity index (χ0) is 25.0. The maximum Gasteiger partial charge on any atom is 0.253 e. The number of benzene rings is 2. The number of nitrogens with zero attached hydrogens (tertiary/aromatic N) is 1. The Morgan fingerprint density at radius 1 is 1.00 bits per heavy atom. The number of ketones is 1. The lowest BCUT2D eigenvalue weighted by atomic mass is 9.82. The average molecular weight is 475 g/mol. The molecule has 2 aromatic carbocycles. The number of amides is 1. The van der Waals surface area contributed by atoms with Crippen molar-refractivity contribution in [1.82, 2.24) is 10.2 Å². The van der Waals surface area contributed by atoms with E-state index < -0.39 is 0 Å². The van der Waals surface area contributed by atoms with Gasteiger partial charge in [-0.05, 0) is 86.8 Å². The molecule has 0 radical (unpaired) electrons. The third-order valence-corrected chi connectivity index (χ3v) is 7.20. The lowest BCUT2D eigenvalue weighted by Crippen LogP contribution is -2.46. The van der Waals surface area contributed by atoms with Gasteiger partial charge in [-0.1, -0.05) is 26.0 Å². The summed E-state index contributed by atoms with van der Waals surface area (Å²) >= 11 is 0. The molecule has 2 aliphatic heterocycles. The van der Waals surface area contributed by atoms with Crippen LogP contribution in [0.4, 0.5) is 0 Å². The van der Waals surface area contributed by atoms with E-state index in [0.717, 1.165) is 60.4 Å². The smallest absolute Gasteiger partial charge is 0.253 e. The standard InChI is InChI=1S/C30H38N2O3/c1-5-32(6-2)29(34)23-10-8-22(9-11-23)26-20-30(15-17-31-18-16-30)35-28-14-12-24(19-25(26)28)27(33)13-7-21(3)4/h8-12,14,19-21,31H,5-7,13,15-18H2,1-4H3. The minimum absolute atomic E-state index is 0.0516. The molecule has 0 aliphatic carbocycles. The Hall–Kier alpha value is -2.92. The Balaban J connectivity index is 1.71. The second-order valence-electron chi connectivity index (χ2n) is 10.1. The lowest BCUT2D eigenvalue weighted by Gasteiger charge is -2.40. The van der Waals surface area contributed by atoms with Crippen molar-refractivity contribution < 1.29 is 14.3 Å². The summed E-state index contributed by atoms with van der Waals surface area (Å²) in [4.78, 5) is 27.5. The van der Waals surface area contributed by atoms with Gasteiger partial charge in [0.1, 0.15) is 11.4 Å². The molecule has 2 heterocycles. The average Bonchev–Trinajstić information content (AvgIpc) is 2.87. The summed E-state index contributed by atoms with van der Waals surface area (Å²) in [5.74, 6) is 1.54. The van der Waals surface area contributed by atoms with Gasteiger partial charge in [-0.25, -0.2) is 0 Å². The van der Waals surface area contributed by atoms with Crippen LogP contribution in [-0.4, -0.2) is 48.4 Å². The van der Waals surface area contributed by atoms with E-state index in [1.807, 2.05) is 61.2 Å². The predicted molar refractivity (Wildman–Crippen MR) is 141 cm³/mol. The summed E-state index contributed by atoms with van der Waals surface area (Å²) in [5.41, 5.74) is 4.14. The molecule has 0 unspecified atom stereocenters. The maximum atomic E-state index is 12.9. The normalized spacial score (nSPS) is 16.4. The molecule has 1 saturated heterocycles. The van der Waals surface area contributed by atoms with E-state index in [9.17, 15) is 9.59 Å². The van der Waals surface area contributed by atoms with E-state index in [1.54, 1.807) is 0 Å². The van der Waals surface area contributed by atoms with E-state index >= 15 is 0 Å². The molecule has 0 aromatic heterocycles. The number of hydrogen-bond donors (Lipinski definition) is 1. The van der Waals surface area contributed by atoms with Crippen LogP contribution in [0.3, 0.4) is 0 Å². The highest BCUT2D eigenvalue weighted by Gasteiger charge is 2.37. The van der Waals surface area contributed by atoms with E-state index in [1.165, 1.54) is 0 Å². The molecule has 4 rings (SSSR count). The summed E-state index contributed by atoms with van der Waals surface area (Å²) in [5, 5.41) is 3.43. The van der Waals surface area contributed by atoms with Gasteiger partial charge in [-0.3, -0.25) is 9.59 Å². The summed E-state index contributed by atoms with van der Waals surface area (Å²) in [6.45, 7) is 11.5. The maximum absolute atomic E-state index is 12.9. The van der Waals surface area contributed by atoms with Crippen LogP contribution < -0.4 is 10.1 Å². The van der Waals surface area contributed by atoms with Crippen molar-refractivity contribution in [3.05, 3.63) is 70.8 Å². The van der Waals surface area contributed by atoms with Gasteiger partial charge < -0.3 is 15.0 Å². The molecule has 1 spiro atoms. The fraction of sp³-hybridized carbons (Fsp3) is 0.467. The second kappa shape index (κ2) is 10.8. The van der Waals surface area contributed by atoms with Gasteiger partial charge in [0.25, 0.3) is 5.91 Å². The summed E-state index contributed by atoms with van der Waals surface area (Å²) in [6, 6.07) is 13.8. The number of nitrogens with one attached hydrogen (secondary N) is 1. The van der Waals surface area contributed by atoms with Gasteiger partial charge in [0, 0.05) is 49.0 Å². The number of rotatable bonds is 8. The molecule has 1 fully saturated rings. The Morgan fingerprint density at radius 3 is 2.29 bits per heavy atom. The quantitative estimate of drug-likeness (QED) is 0.496. The van der Waals surface area contributed by atoms with Crippen LogP contribution in [0, 0.1) is 5.92 Å². The molecule has 2 aromatic rings. The highest BCUT2D eigenvalue weighted by Crippen LogP contribution is 2.43. The number of hydrogen-bond acceptors (Lipinski definition) is 4. The Kier molecular flexibility index (Phi) is 7.75. The van der Waals surface area contributed by atoms with Crippen LogP contribution in [0.1, 0.15) is 85.2 Å². The number of fused-ring (bicyclic) bond motifs is 1. The zero-order valence-corrected chi connectivity index (χ0v) is 21.5. The molecule has 35 heavy (non-hydrogen) atoms. The van der Waals surface area contributed by atoms with Crippen LogP contribution in [-0.2, 0) is 0 Å². The number of carbonyl (C=O) groups excluding carboxylic acids is 2. The molecular weight excluding hydrogens is 436 g/mol. The predicted octanol–water partition coefficient (Wildman–Crippen LogP) is 5.73. The topological polar surface area (TPSA) is 58.6 Å². The minimum atomic E-state index is -0.355. The first-order valence-electron chi connectivity index (χ1n) is 13.1. The van der Waals surface area contributed by atoms with Gasteiger partial charge in [0.15, 0.2) is 5.78 Å². The van der Waals surface area contributed by atoms with E-state index in [2.05, 4.69) is 25.2 Å². The molecule has 5 heteroatoms. The second-order valence-corrected chi connectivity index (χ2v) is 10.1. The Bertz CT molecular complexity index is 1090. The summed E-state index contributed by atoms with van der Waals surface area (Å²) in [6.07, 6.45) is 5.47. The van der Waals surface area contributed by atoms with E-state index in [-0.39, 0.29) is 17.3 Å². The molecule has 0 bridgehead atoms. The first kappa shape index (κ1) is 25.2. The van der Waals surface area contributed by atoms with Crippen molar-refractivity contribution in [3.8, 4) is 5.75 Å². The molecule has 186 valence electrons. The fourth-order valence-electron chi connectivity index (χ4n) is 4.98. The molecule has 0 saturated carbocycles. The minimum Gasteiger partial charge on any atom is -0.482 e. The van der Waals surface area contributed by atoms with Crippen LogP contribution >= 0.6 is 0 Å². The van der Waals surface area contributed by atoms with Crippen molar-refractivity contribution >= 4 is 17.3 Å². The number of piperidine rings is 1. The van der Waals surface area contributed by atoms with Crippen LogP contribution in [0.15, 0.2) is 48.5 Å². The third kappa shape index (κ3) is 5.51. The summed E-state index contributed by atoms with van der Waals surface area (Å²) < 4.78 is 6.58. The fourth-order valence-corrected chi connectivity index (χ4v) is 4.98. The van der Waals surface area contributed by atoms with Crippen molar-refractivity contribution in [2.45, 2.75) is 59.0 Å². The highest BCUT2D eigenvalue weighted by atomic mass is 16.5. The third-order valence-electron chi connectivity index (χ3n) is 7.20. The molecular formula is C30H38N2O3. The van der Waals surface area contributed by atoms with Gasteiger partial charge in [-0.2, -0.15) is 0 Å². The van der Waals surface area contributed by atoms with Gasteiger partial charge >= 0.3 is 0 Å². The van der Waals surface area contributed by atoms with E-state index in [0.29, 0.717) is 31.0 Å². The van der Waals surface area contributed by atoms with Crippen molar-refractivity contribution in [2.75, 3.05) is 26.2 Å². The van der Waals surface area contributed by atoms with Crippen LogP contribution in [0.5, 0.6) is 5.75 Å². The van der Waals surface area contributed by atoms with Crippen LogP contribution in [0.2, 0.25) is 0 Å². The first-order valence-corrected chi connectivity index (χ1v) is 13.1. The molecule has 0 atom stereocenters. The molecule has 5 nitrogen and oxygen atoms in total. The number of ether oxygens (including phenoxy) is 1. The summed E-state index contributed by atoms with van der Waals surface area (Å²) in [7, 11) is 0. The van der Waals surface area contributed by atoms with Crippen molar-refractivity contribution in [3.63, 3.8) is 0 Å². The van der Waals surface area contributed by atoms with Gasteiger partial charge in [0.05, 0.1) is 0 Å². The lowest BCUT2D eigenvalue weighted by molar-refractivity contribution is 0.0772. The SMILES string of the molecule is CCN(CC)C(=O)c1ccc(C2=CC3(CCNCC3)Oc3ccc(C(=O)CCC(C)C)cc32)cc1. The zero-order valence-electron chi connectivity index (χ0n) is 21.5. The highest BCUT2D eigenvalue weighted by molar-refractivity contribution is 5.99. The Morgan fingerprint density at radius 2 is 1.66 bits per heavy atom. The molecule has 2 aliphatic rings. The Labute approximate surface area is 209 Å².